The van der Waals surface area contributed by atoms with E-state index in [-0.39, 0.29) is 23.4 Å². The lowest BCUT2D eigenvalue weighted by Crippen LogP contribution is -2.46. The second-order valence-corrected chi connectivity index (χ2v) is 6.65. The van der Waals surface area contributed by atoms with Crippen LogP contribution in [0.25, 0.3) is 0 Å². The van der Waals surface area contributed by atoms with Crippen molar-refractivity contribution < 1.29 is 13.2 Å². The van der Waals surface area contributed by atoms with E-state index in [0.29, 0.717) is 18.2 Å². The lowest BCUT2D eigenvalue weighted by atomic mass is 10.3. The minimum absolute atomic E-state index is 0.238. The predicted octanol–water partition coefficient (Wildman–Crippen LogP) is 1.97. The normalized spacial score (nSPS) is 22.0. The molecule has 0 N–H and O–H groups in total. The Morgan fingerprint density at radius 1 is 1.33 bits per heavy atom. The van der Waals surface area contributed by atoms with Crippen LogP contribution in [0.15, 0.2) is 29.2 Å². The third-order valence-electron chi connectivity index (χ3n) is 2.73. The lowest BCUT2D eigenvalue weighted by Gasteiger charge is -2.31. The van der Waals surface area contributed by atoms with Gasteiger partial charge in [-0.25, -0.2) is 8.42 Å². The zero-order valence-corrected chi connectivity index (χ0v) is 11.9. The molecule has 1 aliphatic heterocycles. The number of halogens is 2. The van der Waals surface area contributed by atoms with Gasteiger partial charge in [0.1, 0.15) is 0 Å². The van der Waals surface area contributed by atoms with Gasteiger partial charge in [0.05, 0.1) is 17.6 Å². The average molecular weight is 310 g/mol. The van der Waals surface area contributed by atoms with E-state index in [1.165, 1.54) is 16.4 Å². The topological polar surface area (TPSA) is 46.6 Å². The van der Waals surface area contributed by atoms with Crippen LogP contribution in [0.5, 0.6) is 0 Å². The van der Waals surface area contributed by atoms with Crippen molar-refractivity contribution in [2.24, 2.45) is 0 Å². The second kappa shape index (κ2) is 5.75. The SMILES string of the molecule is O=S(=O)(c1ccc(Cl)cc1)N1CCOC(CCl)C1. The number of hydrogen-bond acceptors (Lipinski definition) is 3. The molecule has 18 heavy (non-hydrogen) atoms. The van der Waals surface area contributed by atoms with Crippen LogP contribution in [0, 0.1) is 0 Å². The standard InChI is InChI=1S/C11H13Cl2NO3S/c12-7-10-8-14(5-6-17-10)18(15,16)11-3-1-9(13)2-4-11/h1-4,10H,5-8H2. The quantitative estimate of drug-likeness (QED) is 0.802. The maximum atomic E-state index is 12.3. The van der Waals surface area contributed by atoms with Gasteiger partial charge in [0.25, 0.3) is 0 Å². The minimum Gasteiger partial charge on any atom is -0.374 e. The molecule has 0 radical (unpaired) electrons. The molecule has 1 aliphatic rings. The number of ether oxygens (including phenoxy) is 1. The Bertz CT molecular complexity index is 504. The van der Waals surface area contributed by atoms with Crippen molar-refractivity contribution in [2.75, 3.05) is 25.6 Å². The number of nitrogens with zero attached hydrogens (tertiary/aromatic N) is 1. The van der Waals surface area contributed by atoms with E-state index >= 15 is 0 Å². The Morgan fingerprint density at radius 2 is 2.00 bits per heavy atom. The van der Waals surface area contributed by atoms with Crippen molar-refractivity contribution in [1.82, 2.24) is 4.31 Å². The molecule has 0 aromatic heterocycles. The Labute approximate surface area is 116 Å². The molecular formula is C11H13Cl2NO3S. The second-order valence-electron chi connectivity index (χ2n) is 3.96. The van der Waals surface area contributed by atoms with Gasteiger partial charge in [0.2, 0.25) is 10.0 Å². The van der Waals surface area contributed by atoms with E-state index in [4.69, 9.17) is 27.9 Å². The van der Waals surface area contributed by atoms with Gasteiger partial charge in [0, 0.05) is 24.0 Å². The summed E-state index contributed by atoms with van der Waals surface area (Å²) in [5.41, 5.74) is 0. The molecule has 7 heteroatoms. The van der Waals surface area contributed by atoms with Crippen LogP contribution < -0.4 is 0 Å². The van der Waals surface area contributed by atoms with Gasteiger partial charge in [-0.1, -0.05) is 11.6 Å². The molecule has 1 aromatic carbocycles. The van der Waals surface area contributed by atoms with Gasteiger partial charge in [-0.15, -0.1) is 11.6 Å². The molecule has 1 aromatic rings. The molecule has 0 amide bonds. The molecule has 0 bridgehead atoms. The van der Waals surface area contributed by atoms with Crippen LogP contribution in [-0.2, 0) is 14.8 Å². The van der Waals surface area contributed by atoms with Crippen molar-refractivity contribution in [3.63, 3.8) is 0 Å². The maximum Gasteiger partial charge on any atom is 0.243 e. The van der Waals surface area contributed by atoms with E-state index in [0.717, 1.165) is 0 Å². The van der Waals surface area contributed by atoms with Crippen molar-refractivity contribution in [3.05, 3.63) is 29.3 Å². The number of benzene rings is 1. The fraction of sp³-hybridized carbons (Fsp3) is 0.455. The average Bonchev–Trinajstić information content (AvgIpc) is 2.39. The highest BCUT2D eigenvalue weighted by Gasteiger charge is 2.30. The number of alkyl halides is 1. The van der Waals surface area contributed by atoms with Crippen molar-refractivity contribution >= 4 is 33.2 Å². The third kappa shape index (κ3) is 2.97. The van der Waals surface area contributed by atoms with Crippen LogP contribution in [0.1, 0.15) is 0 Å². The van der Waals surface area contributed by atoms with Crippen LogP contribution in [0.4, 0.5) is 0 Å². The van der Waals surface area contributed by atoms with Gasteiger partial charge in [0.15, 0.2) is 0 Å². The molecule has 1 fully saturated rings. The molecular weight excluding hydrogens is 297 g/mol. The summed E-state index contributed by atoms with van der Waals surface area (Å²) in [7, 11) is -3.49. The van der Waals surface area contributed by atoms with Crippen molar-refractivity contribution in [1.29, 1.82) is 0 Å². The summed E-state index contributed by atoms with van der Waals surface area (Å²) in [6.07, 6.45) is -0.248. The summed E-state index contributed by atoms with van der Waals surface area (Å²) in [6, 6.07) is 6.13. The summed E-state index contributed by atoms with van der Waals surface area (Å²) >= 11 is 11.4. The Hall–Kier alpha value is -0.330. The molecule has 1 saturated heterocycles. The highest BCUT2D eigenvalue weighted by atomic mass is 35.5. The molecule has 1 unspecified atom stereocenters. The summed E-state index contributed by atoms with van der Waals surface area (Å²) < 4.78 is 31.4. The first kappa shape index (κ1) is 14.1. The third-order valence-corrected chi connectivity index (χ3v) is 5.20. The summed E-state index contributed by atoms with van der Waals surface area (Å²) in [5.74, 6) is 0.284. The number of hydrogen-bond donors (Lipinski definition) is 0. The van der Waals surface area contributed by atoms with Gasteiger partial charge in [-0.05, 0) is 24.3 Å². The first-order valence-electron chi connectivity index (χ1n) is 5.47. The molecule has 2 rings (SSSR count). The maximum absolute atomic E-state index is 12.3. The number of morpholine rings is 1. The predicted molar refractivity (Wildman–Crippen MR) is 70.7 cm³/mol. The van der Waals surface area contributed by atoms with Crippen LogP contribution in [0.3, 0.4) is 0 Å². The van der Waals surface area contributed by atoms with Gasteiger partial charge < -0.3 is 4.74 Å². The molecule has 4 nitrogen and oxygen atoms in total. The molecule has 0 spiro atoms. The first-order valence-corrected chi connectivity index (χ1v) is 7.82. The zero-order chi connectivity index (χ0) is 13.2. The highest BCUT2D eigenvalue weighted by molar-refractivity contribution is 7.89. The largest absolute Gasteiger partial charge is 0.374 e. The van der Waals surface area contributed by atoms with Crippen molar-refractivity contribution in [3.8, 4) is 0 Å². The number of rotatable bonds is 3. The molecule has 0 saturated carbocycles. The summed E-state index contributed by atoms with van der Waals surface area (Å²) in [4.78, 5) is 0.238. The molecule has 0 aliphatic carbocycles. The Morgan fingerprint density at radius 3 is 2.61 bits per heavy atom. The molecule has 1 heterocycles. The highest BCUT2D eigenvalue weighted by Crippen LogP contribution is 2.20. The Balaban J connectivity index is 2.22. The van der Waals surface area contributed by atoms with E-state index in [2.05, 4.69) is 0 Å². The fourth-order valence-corrected chi connectivity index (χ4v) is 3.53. The zero-order valence-electron chi connectivity index (χ0n) is 9.55. The lowest BCUT2D eigenvalue weighted by molar-refractivity contribution is 0.0122. The van der Waals surface area contributed by atoms with Crippen LogP contribution >= 0.6 is 23.2 Å². The van der Waals surface area contributed by atoms with E-state index in [1.54, 1.807) is 12.1 Å². The smallest absolute Gasteiger partial charge is 0.243 e. The first-order chi connectivity index (χ1) is 8.54. The van der Waals surface area contributed by atoms with E-state index < -0.39 is 10.0 Å². The Kier molecular flexibility index (Phi) is 4.50. The van der Waals surface area contributed by atoms with Crippen molar-refractivity contribution in [2.45, 2.75) is 11.0 Å². The van der Waals surface area contributed by atoms with Crippen LogP contribution in [0.2, 0.25) is 5.02 Å². The summed E-state index contributed by atoms with van der Waals surface area (Å²) in [5, 5.41) is 0.509. The summed E-state index contributed by atoms with van der Waals surface area (Å²) in [6.45, 7) is 0.997. The van der Waals surface area contributed by atoms with E-state index in [9.17, 15) is 8.42 Å². The number of sulfonamides is 1. The molecule has 100 valence electrons. The van der Waals surface area contributed by atoms with Crippen LogP contribution in [-0.4, -0.2) is 44.4 Å². The minimum atomic E-state index is -3.49. The van der Waals surface area contributed by atoms with Gasteiger partial charge >= 0.3 is 0 Å². The fourth-order valence-electron chi connectivity index (χ4n) is 1.76. The monoisotopic (exact) mass is 309 g/mol. The van der Waals surface area contributed by atoms with Gasteiger partial charge in [-0.2, -0.15) is 4.31 Å². The van der Waals surface area contributed by atoms with E-state index in [1.807, 2.05) is 0 Å². The van der Waals surface area contributed by atoms with Gasteiger partial charge in [-0.3, -0.25) is 0 Å². The molecule has 1 atom stereocenters.